The van der Waals surface area contributed by atoms with Crippen molar-refractivity contribution >= 4 is 0 Å². The van der Waals surface area contributed by atoms with Crippen molar-refractivity contribution in [2.75, 3.05) is 0 Å². The molecule has 0 saturated heterocycles. The van der Waals surface area contributed by atoms with E-state index in [-0.39, 0.29) is 5.95 Å². The van der Waals surface area contributed by atoms with E-state index in [1.54, 1.807) is 6.07 Å². The molecule has 0 N–H and O–H groups in total. The van der Waals surface area contributed by atoms with Gasteiger partial charge in [-0.15, -0.1) is 0 Å². The largest absolute Gasteiger partial charge is 0.225 e. The first-order valence-electron chi connectivity index (χ1n) is 3.86. The Balaban J connectivity index is 2.86. The Morgan fingerprint density at radius 2 is 2.27 bits per heavy atom. The van der Waals surface area contributed by atoms with Crippen LogP contribution < -0.4 is 0 Å². The van der Waals surface area contributed by atoms with E-state index in [0.717, 1.165) is 12.1 Å². The molecule has 0 unspecified atom stereocenters. The van der Waals surface area contributed by atoms with E-state index >= 15 is 0 Å². The summed E-state index contributed by atoms with van der Waals surface area (Å²) in [5.74, 6) is -0.0338. The van der Waals surface area contributed by atoms with Gasteiger partial charge in [0.05, 0.1) is 0 Å². The summed E-state index contributed by atoms with van der Waals surface area (Å²) < 4.78 is 12.6. The van der Waals surface area contributed by atoms with Crippen LogP contribution in [-0.2, 0) is 0 Å². The van der Waals surface area contributed by atoms with Crippen molar-refractivity contribution in [1.82, 2.24) is 4.98 Å². The first-order chi connectivity index (χ1) is 5.24. The molecule has 1 atom stereocenters. The zero-order valence-electron chi connectivity index (χ0n) is 6.84. The maximum Gasteiger partial charge on any atom is 0.213 e. The lowest BCUT2D eigenvalue weighted by Gasteiger charge is -2.06. The number of nitrogens with zero attached hydrogens (tertiary/aromatic N) is 1. The molecule has 0 radical (unpaired) electrons. The Morgan fingerprint density at radius 1 is 1.55 bits per heavy atom. The highest BCUT2D eigenvalue weighted by Crippen LogP contribution is 2.15. The van der Waals surface area contributed by atoms with Crippen LogP contribution >= 0.6 is 0 Å². The van der Waals surface area contributed by atoms with Crippen LogP contribution in [0, 0.1) is 5.95 Å². The molecule has 11 heavy (non-hydrogen) atoms. The van der Waals surface area contributed by atoms with Crippen LogP contribution in [0.2, 0.25) is 0 Å². The second-order valence-corrected chi connectivity index (χ2v) is 2.69. The molecule has 0 spiro atoms. The average molecular weight is 153 g/mol. The molecule has 1 nitrogen and oxygen atoms in total. The molecular formula is C9H12FN. The van der Waals surface area contributed by atoms with Gasteiger partial charge in [-0.05, 0) is 24.5 Å². The van der Waals surface area contributed by atoms with Gasteiger partial charge in [-0.2, -0.15) is 4.39 Å². The molecule has 0 amide bonds. The molecule has 0 aliphatic heterocycles. The number of pyridine rings is 1. The monoisotopic (exact) mass is 153 g/mol. The molecule has 0 aliphatic carbocycles. The predicted molar refractivity (Wildman–Crippen MR) is 42.9 cm³/mol. The van der Waals surface area contributed by atoms with Gasteiger partial charge in [0.25, 0.3) is 0 Å². The first kappa shape index (κ1) is 8.18. The minimum Gasteiger partial charge on any atom is -0.225 e. The van der Waals surface area contributed by atoms with Crippen LogP contribution in [0.3, 0.4) is 0 Å². The van der Waals surface area contributed by atoms with Crippen LogP contribution in [-0.4, -0.2) is 4.98 Å². The van der Waals surface area contributed by atoms with E-state index in [1.165, 1.54) is 6.07 Å². The van der Waals surface area contributed by atoms with Crippen LogP contribution in [0.1, 0.15) is 31.9 Å². The quantitative estimate of drug-likeness (QED) is 0.595. The molecule has 60 valence electrons. The third kappa shape index (κ3) is 2.00. The molecule has 1 rings (SSSR count). The van der Waals surface area contributed by atoms with Crippen molar-refractivity contribution < 1.29 is 4.39 Å². The summed E-state index contributed by atoms with van der Waals surface area (Å²) in [5, 5.41) is 0. The second-order valence-electron chi connectivity index (χ2n) is 2.69. The summed E-state index contributed by atoms with van der Waals surface area (Å²) in [5.41, 5.74) is 0.840. The number of rotatable bonds is 2. The normalized spacial score (nSPS) is 13.0. The molecule has 1 heterocycles. The zero-order chi connectivity index (χ0) is 8.27. The van der Waals surface area contributed by atoms with Crippen molar-refractivity contribution in [3.63, 3.8) is 0 Å². The van der Waals surface area contributed by atoms with Crippen LogP contribution in [0.15, 0.2) is 18.2 Å². The Hall–Kier alpha value is -0.920. The van der Waals surface area contributed by atoms with Gasteiger partial charge in [0.2, 0.25) is 5.95 Å². The highest BCUT2D eigenvalue weighted by Gasteiger charge is 2.03. The summed E-state index contributed by atoms with van der Waals surface area (Å²) in [6, 6.07) is 4.92. The van der Waals surface area contributed by atoms with Gasteiger partial charge in [-0.25, -0.2) is 4.98 Å². The molecule has 0 saturated carbocycles. The van der Waals surface area contributed by atoms with Gasteiger partial charge in [0.1, 0.15) is 0 Å². The van der Waals surface area contributed by atoms with Crippen molar-refractivity contribution in [2.45, 2.75) is 26.2 Å². The van der Waals surface area contributed by atoms with Crippen LogP contribution in [0.4, 0.5) is 4.39 Å². The van der Waals surface area contributed by atoms with Crippen molar-refractivity contribution in [2.24, 2.45) is 0 Å². The van der Waals surface area contributed by atoms with Crippen molar-refractivity contribution in [1.29, 1.82) is 0 Å². The fourth-order valence-corrected chi connectivity index (χ4v) is 0.908. The number of hydrogen-bond acceptors (Lipinski definition) is 1. The van der Waals surface area contributed by atoms with Crippen LogP contribution in [0.25, 0.3) is 0 Å². The van der Waals surface area contributed by atoms with E-state index in [9.17, 15) is 4.39 Å². The lowest BCUT2D eigenvalue weighted by Crippen LogP contribution is -1.96. The fraction of sp³-hybridized carbons (Fsp3) is 0.444. The van der Waals surface area contributed by atoms with Gasteiger partial charge in [-0.3, -0.25) is 0 Å². The van der Waals surface area contributed by atoms with E-state index in [2.05, 4.69) is 11.9 Å². The zero-order valence-corrected chi connectivity index (χ0v) is 6.84. The van der Waals surface area contributed by atoms with Crippen LogP contribution in [0.5, 0.6) is 0 Å². The van der Waals surface area contributed by atoms with Crippen molar-refractivity contribution in [3.05, 3.63) is 29.8 Å². The van der Waals surface area contributed by atoms with Gasteiger partial charge < -0.3 is 0 Å². The summed E-state index contributed by atoms with van der Waals surface area (Å²) >= 11 is 0. The Bertz CT molecular complexity index is 235. The lowest BCUT2D eigenvalue weighted by atomic mass is 10.1. The minimum atomic E-state index is -0.386. The Morgan fingerprint density at radius 3 is 2.82 bits per heavy atom. The maximum absolute atomic E-state index is 12.6. The highest BCUT2D eigenvalue weighted by molar-refractivity contribution is 5.08. The van der Waals surface area contributed by atoms with Gasteiger partial charge in [0.15, 0.2) is 0 Å². The SMILES string of the molecule is CC[C@H](C)c1cccc(F)n1. The maximum atomic E-state index is 12.6. The minimum absolute atomic E-state index is 0.352. The van der Waals surface area contributed by atoms with Gasteiger partial charge >= 0.3 is 0 Å². The molecule has 0 aliphatic rings. The fourth-order valence-electron chi connectivity index (χ4n) is 0.908. The van der Waals surface area contributed by atoms with Gasteiger partial charge in [-0.1, -0.05) is 19.9 Å². The predicted octanol–water partition coefficient (Wildman–Crippen LogP) is 2.73. The second kappa shape index (κ2) is 3.46. The van der Waals surface area contributed by atoms with E-state index < -0.39 is 0 Å². The number of hydrogen-bond donors (Lipinski definition) is 0. The summed E-state index contributed by atoms with van der Waals surface area (Å²) in [6.45, 7) is 4.11. The molecule has 2 heteroatoms. The third-order valence-corrected chi connectivity index (χ3v) is 1.85. The highest BCUT2D eigenvalue weighted by atomic mass is 19.1. The first-order valence-corrected chi connectivity index (χ1v) is 3.86. The van der Waals surface area contributed by atoms with Gasteiger partial charge in [0, 0.05) is 5.69 Å². The third-order valence-electron chi connectivity index (χ3n) is 1.85. The molecule has 0 aromatic carbocycles. The van der Waals surface area contributed by atoms with E-state index in [0.29, 0.717) is 5.92 Å². The smallest absolute Gasteiger partial charge is 0.213 e. The lowest BCUT2D eigenvalue weighted by molar-refractivity contribution is 0.565. The topological polar surface area (TPSA) is 12.9 Å². The molecule has 1 aromatic heterocycles. The number of halogens is 1. The summed E-state index contributed by atoms with van der Waals surface area (Å²) in [6.07, 6.45) is 0.996. The Labute approximate surface area is 66.3 Å². The van der Waals surface area contributed by atoms with E-state index in [1.807, 2.05) is 13.0 Å². The number of aromatic nitrogens is 1. The standard InChI is InChI=1S/C9H12FN/c1-3-7(2)8-5-4-6-9(10)11-8/h4-7H,3H2,1-2H3/t7-/m0/s1. The van der Waals surface area contributed by atoms with E-state index in [4.69, 9.17) is 0 Å². The summed E-state index contributed by atoms with van der Waals surface area (Å²) in [7, 11) is 0. The summed E-state index contributed by atoms with van der Waals surface area (Å²) in [4.78, 5) is 3.78. The molecular weight excluding hydrogens is 141 g/mol. The average Bonchev–Trinajstić information content (AvgIpc) is 2.03. The molecule has 1 aromatic rings. The van der Waals surface area contributed by atoms with Crippen molar-refractivity contribution in [3.8, 4) is 0 Å². The Kier molecular flexibility index (Phi) is 2.58. The molecule has 0 bridgehead atoms. The molecule has 0 fully saturated rings.